The van der Waals surface area contributed by atoms with Gasteiger partial charge >= 0.3 is 5.97 Å². The molecule has 0 aromatic heterocycles. The molecule has 4 heteroatoms. The maximum atomic E-state index is 11.4. The zero-order valence-corrected chi connectivity index (χ0v) is 10.5. The van der Waals surface area contributed by atoms with Crippen molar-refractivity contribution in [2.24, 2.45) is 0 Å². The third kappa shape index (κ3) is 3.42. The van der Waals surface area contributed by atoms with E-state index in [9.17, 15) is 4.79 Å². The number of hydrogen-bond donors (Lipinski definition) is 1. The first-order chi connectivity index (χ1) is 7.54. The zero-order chi connectivity index (χ0) is 12.1. The molecule has 1 rings (SSSR count). The number of aryl methyl sites for hydroxylation is 1. The van der Waals surface area contributed by atoms with Crippen LogP contribution in [0.5, 0.6) is 0 Å². The first kappa shape index (κ1) is 12.8. The van der Waals surface area contributed by atoms with Gasteiger partial charge in [0.15, 0.2) is 0 Å². The molecule has 0 aliphatic heterocycles. The van der Waals surface area contributed by atoms with Crippen molar-refractivity contribution in [3.05, 3.63) is 28.8 Å². The molecule has 0 aliphatic carbocycles. The Morgan fingerprint density at radius 3 is 2.88 bits per heavy atom. The molecule has 0 aliphatic rings. The third-order valence-electron chi connectivity index (χ3n) is 2.13. The predicted molar refractivity (Wildman–Crippen MR) is 65.9 cm³/mol. The highest BCUT2D eigenvalue weighted by atomic mass is 35.5. The number of benzene rings is 1. The zero-order valence-electron chi connectivity index (χ0n) is 9.71. The van der Waals surface area contributed by atoms with E-state index in [1.807, 2.05) is 19.1 Å². The van der Waals surface area contributed by atoms with E-state index in [0.717, 1.165) is 11.3 Å². The van der Waals surface area contributed by atoms with E-state index in [-0.39, 0.29) is 5.97 Å². The molecule has 0 saturated carbocycles. The maximum absolute atomic E-state index is 11.4. The summed E-state index contributed by atoms with van der Waals surface area (Å²) in [5.74, 6) is -0.278. The summed E-state index contributed by atoms with van der Waals surface area (Å²) >= 11 is 6.01. The van der Waals surface area contributed by atoms with Crippen LogP contribution in [0, 0.1) is 6.92 Å². The van der Waals surface area contributed by atoms with E-state index in [1.165, 1.54) is 0 Å². The second-order valence-corrected chi connectivity index (χ2v) is 4.01. The Morgan fingerprint density at radius 1 is 1.56 bits per heavy atom. The number of hydrogen-bond acceptors (Lipinski definition) is 3. The van der Waals surface area contributed by atoms with Gasteiger partial charge in [0, 0.05) is 0 Å². The Balaban J connectivity index is 2.72. The van der Waals surface area contributed by atoms with Gasteiger partial charge in [-0.2, -0.15) is 0 Å². The van der Waals surface area contributed by atoms with Gasteiger partial charge in [-0.1, -0.05) is 17.7 Å². The Labute approximate surface area is 101 Å². The molecule has 88 valence electrons. The number of carbonyl (C=O) groups excluding carboxylic acids is 1. The Kier molecular flexibility index (Phi) is 4.62. The average Bonchev–Trinajstić information content (AvgIpc) is 2.23. The summed E-state index contributed by atoms with van der Waals surface area (Å²) in [5, 5.41) is 3.63. The van der Waals surface area contributed by atoms with E-state index >= 15 is 0 Å². The smallest absolute Gasteiger partial charge is 0.328 e. The molecule has 0 fully saturated rings. The molecule has 1 aromatic rings. The fourth-order valence-corrected chi connectivity index (χ4v) is 1.48. The van der Waals surface area contributed by atoms with E-state index in [4.69, 9.17) is 16.3 Å². The van der Waals surface area contributed by atoms with Gasteiger partial charge in [-0.25, -0.2) is 4.79 Å². The lowest BCUT2D eigenvalue weighted by Crippen LogP contribution is -2.28. The summed E-state index contributed by atoms with van der Waals surface area (Å²) < 4.78 is 4.90. The normalized spacial score (nSPS) is 12.0. The topological polar surface area (TPSA) is 38.3 Å². The van der Waals surface area contributed by atoms with Gasteiger partial charge in [-0.3, -0.25) is 0 Å². The van der Waals surface area contributed by atoms with Crippen LogP contribution in [0.4, 0.5) is 5.69 Å². The second kappa shape index (κ2) is 5.75. The molecule has 0 saturated heterocycles. The van der Waals surface area contributed by atoms with Crippen molar-refractivity contribution in [2.45, 2.75) is 26.8 Å². The molecular weight excluding hydrogens is 226 g/mol. The van der Waals surface area contributed by atoms with Crippen LogP contribution in [0.1, 0.15) is 19.4 Å². The molecule has 0 bridgehead atoms. The maximum Gasteiger partial charge on any atom is 0.328 e. The highest BCUT2D eigenvalue weighted by Gasteiger charge is 2.14. The lowest BCUT2D eigenvalue weighted by Gasteiger charge is -2.15. The Morgan fingerprint density at radius 2 is 2.25 bits per heavy atom. The van der Waals surface area contributed by atoms with Crippen LogP contribution in [0.2, 0.25) is 5.02 Å². The largest absolute Gasteiger partial charge is 0.464 e. The van der Waals surface area contributed by atoms with Crippen LogP contribution in [-0.4, -0.2) is 18.6 Å². The van der Waals surface area contributed by atoms with Crippen molar-refractivity contribution in [2.75, 3.05) is 11.9 Å². The summed E-state index contributed by atoms with van der Waals surface area (Å²) in [6.45, 7) is 5.88. The number of anilines is 1. The molecule has 3 nitrogen and oxygen atoms in total. The number of carbonyl (C=O) groups is 1. The summed E-state index contributed by atoms with van der Waals surface area (Å²) in [6, 6.07) is 5.22. The highest BCUT2D eigenvalue weighted by molar-refractivity contribution is 6.33. The van der Waals surface area contributed by atoms with Gasteiger partial charge in [0.05, 0.1) is 17.3 Å². The van der Waals surface area contributed by atoms with Gasteiger partial charge in [-0.05, 0) is 38.5 Å². The van der Waals surface area contributed by atoms with Crippen molar-refractivity contribution < 1.29 is 9.53 Å². The van der Waals surface area contributed by atoms with Crippen molar-refractivity contribution in [1.82, 2.24) is 0 Å². The standard InChI is InChI=1S/C12H16ClNO2/c1-4-16-12(15)9(3)14-11-7-8(2)5-6-10(11)13/h5-7,9,14H,4H2,1-3H3. The van der Waals surface area contributed by atoms with Crippen molar-refractivity contribution in [3.63, 3.8) is 0 Å². The Bertz CT molecular complexity index is 379. The van der Waals surface area contributed by atoms with E-state index in [0.29, 0.717) is 11.6 Å². The first-order valence-corrected chi connectivity index (χ1v) is 5.61. The molecule has 0 spiro atoms. The van der Waals surface area contributed by atoms with Crippen LogP contribution >= 0.6 is 11.6 Å². The summed E-state index contributed by atoms with van der Waals surface area (Å²) in [7, 11) is 0. The molecule has 0 heterocycles. The minimum absolute atomic E-state index is 0.278. The molecule has 1 atom stereocenters. The van der Waals surface area contributed by atoms with Gasteiger partial charge in [0.1, 0.15) is 6.04 Å². The molecular formula is C12H16ClNO2. The molecule has 16 heavy (non-hydrogen) atoms. The van der Waals surface area contributed by atoms with Crippen LogP contribution in [-0.2, 0) is 9.53 Å². The summed E-state index contributed by atoms with van der Waals surface area (Å²) in [5.41, 5.74) is 1.84. The van der Waals surface area contributed by atoms with E-state index in [2.05, 4.69) is 5.32 Å². The monoisotopic (exact) mass is 241 g/mol. The average molecular weight is 242 g/mol. The fourth-order valence-electron chi connectivity index (χ4n) is 1.31. The summed E-state index contributed by atoms with van der Waals surface area (Å²) in [6.07, 6.45) is 0. The number of halogens is 1. The minimum atomic E-state index is -0.403. The van der Waals surface area contributed by atoms with Gasteiger partial charge in [0.25, 0.3) is 0 Å². The van der Waals surface area contributed by atoms with Gasteiger partial charge in [0.2, 0.25) is 0 Å². The Hall–Kier alpha value is -1.22. The number of ether oxygens (including phenoxy) is 1. The van der Waals surface area contributed by atoms with Crippen molar-refractivity contribution in [1.29, 1.82) is 0 Å². The minimum Gasteiger partial charge on any atom is -0.464 e. The lowest BCUT2D eigenvalue weighted by atomic mass is 10.2. The predicted octanol–water partition coefficient (Wildman–Crippen LogP) is 3.01. The van der Waals surface area contributed by atoms with E-state index < -0.39 is 6.04 Å². The first-order valence-electron chi connectivity index (χ1n) is 5.24. The molecule has 1 N–H and O–H groups in total. The molecule has 1 unspecified atom stereocenters. The number of esters is 1. The molecule has 1 aromatic carbocycles. The van der Waals surface area contributed by atoms with Crippen molar-refractivity contribution in [3.8, 4) is 0 Å². The SMILES string of the molecule is CCOC(=O)C(C)Nc1cc(C)ccc1Cl. The number of rotatable bonds is 4. The fraction of sp³-hybridized carbons (Fsp3) is 0.417. The van der Waals surface area contributed by atoms with Crippen molar-refractivity contribution >= 4 is 23.3 Å². The van der Waals surface area contributed by atoms with Crippen LogP contribution in [0.3, 0.4) is 0 Å². The molecule has 0 amide bonds. The van der Waals surface area contributed by atoms with Crippen LogP contribution < -0.4 is 5.32 Å². The molecule has 0 radical (unpaired) electrons. The second-order valence-electron chi connectivity index (χ2n) is 3.60. The van der Waals surface area contributed by atoms with Crippen LogP contribution in [0.15, 0.2) is 18.2 Å². The quantitative estimate of drug-likeness (QED) is 0.824. The third-order valence-corrected chi connectivity index (χ3v) is 2.46. The number of nitrogens with one attached hydrogen (secondary N) is 1. The summed E-state index contributed by atoms with van der Waals surface area (Å²) in [4.78, 5) is 11.4. The van der Waals surface area contributed by atoms with E-state index in [1.54, 1.807) is 19.9 Å². The van der Waals surface area contributed by atoms with Crippen LogP contribution in [0.25, 0.3) is 0 Å². The lowest BCUT2D eigenvalue weighted by molar-refractivity contribution is -0.143. The highest BCUT2D eigenvalue weighted by Crippen LogP contribution is 2.23. The van der Waals surface area contributed by atoms with Gasteiger partial charge in [-0.15, -0.1) is 0 Å². The van der Waals surface area contributed by atoms with Gasteiger partial charge < -0.3 is 10.1 Å².